The molecule has 3 aromatic carbocycles. The number of amidine groups is 1. The summed E-state index contributed by atoms with van der Waals surface area (Å²) in [6.45, 7) is 0.502. The Morgan fingerprint density at radius 1 is 0.880 bits per heavy atom. The summed E-state index contributed by atoms with van der Waals surface area (Å²) < 4.78 is 5.93. The van der Waals surface area contributed by atoms with Gasteiger partial charge in [-0.1, -0.05) is 60.7 Å². The van der Waals surface area contributed by atoms with E-state index in [1.165, 1.54) is 6.34 Å². The number of aliphatic imine (C=N–C) groups is 2. The molecule has 0 spiro atoms. The first-order valence-electron chi connectivity index (χ1n) is 8.10. The van der Waals surface area contributed by atoms with Crippen LogP contribution in [0.4, 0.5) is 0 Å². The van der Waals surface area contributed by atoms with Crippen LogP contribution in [0.15, 0.2) is 87.2 Å². The summed E-state index contributed by atoms with van der Waals surface area (Å²) in [5, 5.41) is 2.21. The zero-order valence-corrected chi connectivity index (χ0v) is 13.6. The maximum atomic E-state index is 5.93. The van der Waals surface area contributed by atoms with Crippen LogP contribution >= 0.6 is 0 Å². The minimum Gasteiger partial charge on any atom is -0.456 e. The number of nitrogens with two attached hydrogens (primary N) is 1. The Labute approximate surface area is 145 Å². The second kappa shape index (κ2) is 6.61. The third kappa shape index (κ3) is 2.90. The maximum absolute atomic E-state index is 5.93. The van der Waals surface area contributed by atoms with Gasteiger partial charge in [-0.25, -0.2) is 4.99 Å². The minimum absolute atomic E-state index is 0.502. The Morgan fingerprint density at radius 3 is 2.48 bits per heavy atom. The Bertz CT molecular complexity index is 1080. The monoisotopic (exact) mass is 327 g/mol. The van der Waals surface area contributed by atoms with E-state index in [4.69, 9.17) is 10.2 Å². The molecule has 0 aliphatic carbocycles. The summed E-state index contributed by atoms with van der Waals surface area (Å²) in [6, 6.07) is 23.9. The van der Waals surface area contributed by atoms with Gasteiger partial charge >= 0.3 is 0 Å². The predicted molar refractivity (Wildman–Crippen MR) is 103 cm³/mol. The fourth-order valence-corrected chi connectivity index (χ4v) is 3.00. The first kappa shape index (κ1) is 15.1. The molecule has 0 saturated carbocycles. The SMILES string of the molecule is NC=NC(=NCc1cccc2oc3ccccc3c12)c1ccccc1. The van der Waals surface area contributed by atoms with E-state index in [0.717, 1.165) is 33.1 Å². The first-order valence-corrected chi connectivity index (χ1v) is 8.10. The zero-order valence-electron chi connectivity index (χ0n) is 13.6. The van der Waals surface area contributed by atoms with Gasteiger partial charge in [-0.2, -0.15) is 0 Å². The van der Waals surface area contributed by atoms with E-state index in [-0.39, 0.29) is 0 Å². The molecule has 0 unspecified atom stereocenters. The molecule has 0 atom stereocenters. The molecular weight excluding hydrogens is 310 g/mol. The van der Waals surface area contributed by atoms with Gasteiger partial charge in [0.25, 0.3) is 0 Å². The molecule has 4 aromatic rings. The highest BCUT2D eigenvalue weighted by atomic mass is 16.3. The quantitative estimate of drug-likeness (QED) is 0.444. The highest BCUT2D eigenvalue weighted by Gasteiger charge is 2.10. The number of hydrogen-bond acceptors (Lipinski definition) is 2. The van der Waals surface area contributed by atoms with Crippen molar-refractivity contribution in [1.82, 2.24) is 0 Å². The predicted octanol–water partition coefficient (Wildman–Crippen LogP) is 4.52. The largest absolute Gasteiger partial charge is 0.456 e. The summed E-state index contributed by atoms with van der Waals surface area (Å²) in [5.41, 5.74) is 9.29. The Hall–Kier alpha value is -3.40. The van der Waals surface area contributed by atoms with Crippen molar-refractivity contribution in [2.45, 2.75) is 6.54 Å². The number of fused-ring (bicyclic) bond motifs is 3. The lowest BCUT2D eigenvalue weighted by atomic mass is 10.1. The van der Waals surface area contributed by atoms with Crippen LogP contribution in [0, 0.1) is 0 Å². The molecule has 4 heteroatoms. The van der Waals surface area contributed by atoms with Crippen LogP contribution in [-0.2, 0) is 6.54 Å². The van der Waals surface area contributed by atoms with E-state index in [9.17, 15) is 0 Å². The molecule has 1 aromatic heterocycles. The third-order valence-electron chi connectivity index (χ3n) is 4.12. The van der Waals surface area contributed by atoms with Crippen molar-refractivity contribution in [2.24, 2.45) is 15.7 Å². The van der Waals surface area contributed by atoms with Crippen LogP contribution in [0.5, 0.6) is 0 Å². The van der Waals surface area contributed by atoms with Crippen LogP contribution in [0.1, 0.15) is 11.1 Å². The summed E-state index contributed by atoms with van der Waals surface area (Å²) in [5.74, 6) is 0.618. The third-order valence-corrected chi connectivity index (χ3v) is 4.12. The van der Waals surface area contributed by atoms with Gasteiger partial charge in [0.1, 0.15) is 11.2 Å². The molecule has 0 bridgehead atoms. The molecule has 4 rings (SSSR count). The minimum atomic E-state index is 0.502. The second-order valence-corrected chi connectivity index (χ2v) is 5.67. The van der Waals surface area contributed by atoms with Crippen molar-refractivity contribution in [3.05, 3.63) is 83.9 Å². The average Bonchev–Trinajstić information content (AvgIpc) is 3.05. The molecule has 0 aliphatic heterocycles. The normalized spacial score (nSPS) is 12.4. The molecular formula is C21H17N3O. The molecule has 1 heterocycles. The van der Waals surface area contributed by atoms with Crippen LogP contribution in [-0.4, -0.2) is 12.2 Å². The fourth-order valence-electron chi connectivity index (χ4n) is 3.00. The number of furan rings is 1. The lowest BCUT2D eigenvalue weighted by Crippen LogP contribution is -2.02. The standard InChI is InChI=1S/C21H17N3O/c22-14-24-21(15-7-2-1-3-8-15)23-13-16-9-6-12-19-20(16)17-10-4-5-11-18(17)25-19/h1-12,14H,13H2,(H2,22,23,24). The highest BCUT2D eigenvalue weighted by molar-refractivity contribution is 6.07. The van der Waals surface area contributed by atoms with E-state index in [1.54, 1.807) is 0 Å². The van der Waals surface area contributed by atoms with Gasteiger partial charge in [-0.3, -0.25) is 4.99 Å². The topological polar surface area (TPSA) is 63.9 Å². The smallest absolute Gasteiger partial charge is 0.156 e. The van der Waals surface area contributed by atoms with Crippen LogP contribution < -0.4 is 5.73 Å². The molecule has 0 saturated heterocycles. The molecule has 0 radical (unpaired) electrons. The van der Waals surface area contributed by atoms with Crippen molar-refractivity contribution in [3.8, 4) is 0 Å². The fraction of sp³-hybridized carbons (Fsp3) is 0.0476. The maximum Gasteiger partial charge on any atom is 0.156 e. The zero-order chi connectivity index (χ0) is 17.1. The van der Waals surface area contributed by atoms with E-state index >= 15 is 0 Å². The van der Waals surface area contributed by atoms with Gasteiger partial charge in [0.15, 0.2) is 5.84 Å². The Kier molecular flexibility index (Phi) is 4.01. The van der Waals surface area contributed by atoms with Crippen molar-refractivity contribution in [2.75, 3.05) is 0 Å². The van der Waals surface area contributed by atoms with Gasteiger partial charge in [0.05, 0.1) is 12.9 Å². The molecule has 0 fully saturated rings. The van der Waals surface area contributed by atoms with Gasteiger partial charge in [-0.15, -0.1) is 0 Å². The van der Waals surface area contributed by atoms with Crippen LogP contribution in [0.3, 0.4) is 0 Å². The number of nitrogens with zero attached hydrogens (tertiary/aromatic N) is 2. The number of benzene rings is 3. The van der Waals surface area contributed by atoms with Crippen molar-refractivity contribution in [1.29, 1.82) is 0 Å². The Morgan fingerprint density at radius 2 is 1.64 bits per heavy atom. The van der Waals surface area contributed by atoms with Gasteiger partial charge in [0.2, 0.25) is 0 Å². The average molecular weight is 327 g/mol. The van der Waals surface area contributed by atoms with E-state index in [1.807, 2.05) is 60.7 Å². The molecule has 0 amide bonds. The van der Waals surface area contributed by atoms with Crippen LogP contribution in [0.2, 0.25) is 0 Å². The van der Waals surface area contributed by atoms with Crippen LogP contribution in [0.25, 0.3) is 21.9 Å². The molecule has 0 aliphatic rings. The summed E-state index contributed by atoms with van der Waals surface area (Å²) in [7, 11) is 0. The molecule has 122 valence electrons. The van der Waals surface area contributed by atoms with Crippen molar-refractivity contribution < 1.29 is 4.42 Å². The van der Waals surface area contributed by atoms with E-state index < -0.39 is 0 Å². The molecule has 25 heavy (non-hydrogen) atoms. The number of hydrogen-bond donors (Lipinski definition) is 1. The number of rotatable bonds is 3. The summed E-state index contributed by atoms with van der Waals surface area (Å²) in [4.78, 5) is 8.91. The van der Waals surface area contributed by atoms with Gasteiger partial charge in [-0.05, 0) is 17.7 Å². The van der Waals surface area contributed by atoms with Gasteiger partial charge in [0, 0.05) is 16.3 Å². The van der Waals surface area contributed by atoms with E-state index in [0.29, 0.717) is 12.4 Å². The summed E-state index contributed by atoms with van der Waals surface area (Å²) >= 11 is 0. The molecule has 2 N–H and O–H groups in total. The Balaban J connectivity index is 1.80. The van der Waals surface area contributed by atoms with E-state index in [2.05, 4.69) is 22.1 Å². The number of para-hydroxylation sites is 1. The first-order chi connectivity index (χ1) is 12.4. The lowest BCUT2D eigenvalue weighted by molar-refractivity contribution is 0.668. The molecule has 4 nitrogen and oxygen atoms in total. The van der Waals surface area contributed by atoms with Crippen molar-refractivity contribution >= 4 is 34.1 Å². The summed E-state index contributed by atoms with van der Waals surface area (Å²) in [6.07, 6.45) is 1.28. The highest BCUT2D eigenvalue weighted by Crippen LogP contribution is 2.31. The van der Waals surface area contributed by atoms with Gasteiger partial charge < -0.3 is 10.2 Å². The second-order valence-electron chi connectivity index (χ2n) is 5.67. The van der Waals surface area contributed by atoms with Crippen molar-refractivity contribution in [3.63, 3.8) is 0 Å². The lowest BCUT2D eigenvalue weighted by Gasteiger charge is -2.03.